The van der Waals surface area contributed by atoms with E-state index in [2.05, 4.69) is 53.5 Å². The maximum Gasteiger partial charge on any atom is 0.261 e. The molecule has 0 unspecified atom stereocenters. The number of ether oxygens (including phenoxy) is 1. The minimum Gasteiger partial charge on any atom is -0.481 e. The number of carbonyl (C=O) groups excluding carboxylic acids is 2. The minimum atomic E-state index is -0.553. The predicted octanol–water partition coefficient (Wildman–Crippen LogP) is 4.49. The van der Waals surface area contributed by atoms with Crippen molar-refractivity contribution in [3.8, 4) is 5.75 Å². The van der Waals surface area contributed by atoms with Crippen molar-refractivity contribution in [2.75, 3.05) is 33.7 Å². The van der Waals surface area contributed by atoms with Gasteiger partial charge in [-0.15, -0.1) is 0 Å². The van der Waals surface area contributed by atoms with Gasteiger partial charge in [0, 0.05) is 25.6 Å². The van der Waals surface area contributed by atoms with Crippen LogP contribution in [0, 0.1) is 12.8 Å². The van der Waals surface area contributed by atoms with E-state index in [1.54, 1.807) is 0 Å². The number of nitrogens with one attached hydrogen (secondary N) is 1. The van der Waals surface area contributed by atoms with E-state index in [0.717, 1.165) is 56.3 Å². The van der Waals surface area contributed by atoms with Gasteiger partial charge in [-0.2, -0.15) is 0 Å². The highest BCUT2D eigenvalue weighted by atomic mass is 16.5. The van der Waals surface area contributed by atoms with Gasteiger partial charge >= 0.3 is 0 Å². The van der Waals surface area contributed by atoms with Gasteiger partial charge in [0.2, 0.25) is 5.91 Å². The molecule has 0 bridgehead atoms. The first-order valence-corrected chi connectivity index (χ1v) is 13.5. The van der Waals surface area contributed by atoms with Crippen molar-refractivity contribution >= 4 is 11.8 Å². The average molecular weight is 492 g/mol. The molecule has 36 heavy (non-hydrogen) atoms. The summed E-state index contributed by atoms with van der Waals surface area (Å²) in [6.45, 7) is 6.15. The summed E-state index contributed by atoms with van der Waals surface area (Å²) in [5.41, 5.74) is 4.67. The first kappa shape index (κ1) is 26.2. The summed E-state index contributed by atoms with van der Waals surface area (Å²) in [6, 6.07) is 14.5. The summed E-state index contributed by atoms with van der Waals surface area (Å²) in [6.07, 6.45) is 5.13. The van der Waals surface area contributed by atoms with E-state index in [-0.39, 0.29) is 23.8 Å². The Bertz CT molecular complexity index is 1040. The topological polar surface area (TPSA) is 61.9 Å². The lowest BCUT2D eigenvalue weighted by Gasteiger charge is -2.39. The zero-order chi connectivity index (χ0) is 25.7. The molecule has 1 aliphatic heterocycles. The van der Waals surface area contributed by atoms with Gasteiger partial charge in [0.05, 0.1) is 6.04 Å². The van der Waals surface area contributed by atoms with Crippen molar-refractivity contribution in [1.82, 2.24) is 15.1 Å². The van der Waals surface area contributed by atoms with Crippen molar-refractivity contribution < 1.29 is 14.3 Å². The Morgan fingerprint density at radius 2 is 1.83 bits per heavy atom. The fourth-order valence-electron chi connectivity index (χ4n) is 5.42. The van der Waals surface area contributed by atoms with E-state index in [0.29, 0.717) is 18.7 Å². The number of fused-ring (bicyclic) bond motifs is 1. The van der Waals surface area contributed by atoms with Crippen LogP contribution in [0.2, 0.25) is 0 Å². The lowest BCUT2D eigenvalue weighted by molar-refractivity contribution is -0.137. The number of nitrogens with zero attached hydrogens (tertiary/aromatic N) is 2. The van der Waals surface area contributed by atoms with E-state index < -0.39 is 6.10 Å². The highest BCUT2D eigenvalue weighted by Crippen LogP contribution is 2.40. The molecule has 1 saturated carbocycles. The molecule has 4 rings (SSSR count). The van der Waals surface area contributed by atoms with Crippen molar-refractivity contribution in [2.24, 2.45) is 5.92 Å². The molecule has 0 radical (unpaired) electrons. The van der Waals surface area contributed by atoms with Crippen molar-refractivity contribution in [1.29, 1.82) is 0 Å². The van der Waals surface area contributed by atoms with Crippen LogP contribution in [0.15, 0.2) is 42.5 Å². The Balaban J connectivity index is 1.61. The van der Waals surface area contributed by atoms with Crippen molar-refractivity contribution in [3.05, 3.63) is 64.7 Å². The van der Waals surface area contributed by atoms with Crippen LogP contribution in [0.1, 0.15) is 67.3 Å². The summed E-state index contributed by atoms with van der Waals surface area (Å²) in [4.78, 5) is 30.5. The molecular weight excluding hydrogens is 450 g/mol. The molecule has 2 atom stereocenters. The van der Waals surface area contributed by atoms with Crippen LogP contribution in [0.5, 0.6) is 5.75 Å². The molecule has 2 amide bonds. The van der Waals surface area contributed by atoms with Gasteiger partial charge in [-0.1, -0.05) is 55.7 Å². The maximum absolute atomic E-state index is 13.6. The number of rotatable bonds is 9. The standard InChI is InChI=1S/C30H41N3O3/c1-5-27(29(34)31-17-19-32(3)4)36-25-15-14-22-16-18-33(30(35)24-8-6-7-9-24)28(26(22)20-25)23-12-10-21(2)11-13-23/h10-15,20,24,27-28H,5-9,16-19H2,1-4H3,(H,31,34)/t27-,28-/m0/s1. The number of carbonyl (C=O) groups is 2. The van der Waals surface area contributed by atoms with E-state index in [9.17, 15) is 9.59 Å². The lowest BCUT2D eigenvalue weighted by atomic mass is 9.86. The normalized spacial score (nSPS) is 18.7. The van der Waals surface area contributed by atoms with Crippen LogP contribution in [-0.4, -0.2) is 61.4 Å². The number of hydrogen-bond donors (Lipinski definition) is 1. The van der Waals surface area contributed by atoms with Crippen LogP contribution >= 0.6 is 0 Å². The molecule has 1 fully saturated rings. The second-order valence-electron chi connectivity index (χ2n) is 10.5. The van der Waals surface area contributed by atoms with E-state index in [1.165, 1.54) is 11.1 Å². The fourth-order valence-corrected chi connectivity index (χ4v) is 5.42. The molecule has 0 spiro atoms. The molecule has 0 aromatic heterocycles. The van der Waals surface area contributed by atoms with Gasteiger partial charge in [0.1, 0.15) is 5.75 Å². The quantitative estimate of drug-likeness (QED) is 0.561. The van der Waals surface area contributed by atoms with Crippen molar-refractivity contribution in [2.45, 2.75) is 64.5 Å². The number of amides is 2. The average Bonchev–Trinajstić information content (AvgIpc) is 3.41. The summed E-state index contributed by atoms with van der Waals surface area (Å²) >= 11 is 0. The summed E-state index contributed by atoms with van der Waals surface area (Å²) in [5, 5.41) is 2.98. The molecule has 6 nitrogen and oxygen atoms in total. The first-order valence-electron chi connectivity index (χ1n) is 13.5. The third-order valence-electron chi connectivity index (χ3n) is 7.53. The molecule has 2 aromatic rings. The zero-order valence-electron chi connectivity index (χ0n) is 22.3. The number of aryl methyl sites for hydroxylation is 1. The Morgan fingerprint density at radius 1 is 1.11 bits per heavy atom. The molecule has 0 saturated heterocycles. The van der Waals surface area contributed by atoms with E-state index >= 15 is 0 Å². The summed E-state index contributed by atoms with van der Waals surface area (Å²) in [7, 11) is 3.97. The minimum absolute atomic E-state index is 0.0924. The van der Waals surface area contributed by atoms with Gasteiger partial charge in [0.25, 0.3) is 5.91 Å². The molecule has 194 valence electrons. The number of hydrogen-bond acceptors (Lipinski definition) is 4. The fraction of sp³-hybridized carbons (Fsp3) is 0.533. The third kappa shape index (κ3) is 6.09. The summed E-state index contributed by atoms with van der Waals surface area (Å²) in [5.74, 6) is 0.997. The third-order valence-corrected chi connectivity index (χ3v) is 7.53. The lowest BCUT2D eigenvalue weighted by Crippen LogP contribution is -2.43. The monoisotopic (exact) mass is 491 g/mol. The van der Waals surface area contributed by atoms with Crippen LogP contribution in [0.25, 0.3) is 0 Å². The van der Waals surface area contributed by atoms with Gasteiger partial charge < -0.3 is 19.9 Å². The molecule has 2 aliphatic rings. The second-order valence-corrected chi connectivity index (χ2v) is 10.5. The van der Waals surface area contributed by atoms with Gasteiger partial charge in [-0.3, -0.25) is 9.59 Å². The molecule has 6 heteroatoms. The van der Waals surface area contributed by atoms with Crippen molar-refractivity contribution in [3.63, 3.8) is 0 Å². The Labute approximate surface area is 216 Å². The predicted molar refractivity (Wildman–Crippen MR) is 143 cm³/mol. The van der Waals surface area contributed by atoms with E-state index in [1.807, 2.05) is 32.0 Å². The number of likely N-dealkylation sites (N-methyl/N-ethyl adjacent to an activating group) is 1. The van der Waals surface area contributed by atoms with Gasteiger partial charge in [-0.05, 0) is 75.5 Å². The Hall–Kier alpha value is -2.86. The second kappa shape index (κ2) is 11.9. The van der Waals surface area contributed by atoms with E-state index in [4.69, 9.17) is 4.74 Å². The van der Waals surface area contributed by atoms with Crippen LogP contribution in [-0.2, 0) is 16.0 Å². The Morgan fingerprint density at radius 3 is 2.50 bits per heavy atom. The smallest absolute Gasteiger partial charge is 0.261 e. The molecule has 1 aliphatic carbocycles. The highest BCUT2D eigenvalue weighted by Gasteiger charge is 2.36. The largest absolute Gasteiger partial charge is 0.481 e. The zero-order valence-corrected chi connectivity index (χ0v) is 22.3. The first-order chi connectivity index (χ1) is 17.4. The molecule has 2 aromatic carbocycles. The van der Waals surface area contributed by atoms with Crippen LogP contribution in [0.4, 0.5) is 0 Å². The maximum atomic E-state index is 13.6. The van der Waals surface area contributed by atoms with Crippen LogP contribution < -0.4 is 10.1 Å². The highest BCUT2D eigenvalue weighted by molar-refractivity contribution is 5.81. The van der Waals surface area contributed by atoms with Crippen LogP contribution in [0.3, 0.4) is 0 Å². The molecule has 1 heterocycles. The molecular formula is C30H41N3O3. The van der Waals surface area contributed by atoms with Gasteiger partial charge in [-0.25, -0.2) is 0 Å². The molecule has 1 N–H and O–H groups in total. The summed E-state index contributed by atoms with van der Waals surface area (Å²) < 4.78 is 6.22. The Kier molecular flexibility index (Phi) is 8.68. The SMILES string of the molecule is CC[C@H](Oc1ccc2c(c1)[C@H](c1ccc(C)cc1)N(C(=O)C1CCCC1)CC2)C(=O)NCCN(C)C. The number of benzene rings is 2. The van der Waals surface area contributed by atoms with Gasteiger partial charge in [0.15, 0.2) is 6.10 Å².